The van der Waals surface area contributed by atoms with Gasteiger partial charge in [0.2, 0.25) is 0 Å². The van der Waals surface area contributed by atoms with Crippen molar-refractivity contribution in [2.45, 2.75) is 6.92 Å². The van der Waals surface area contributed by atoms with Crippen LogP contribution in [0.3, 0.4) is 0 Å². The van der Waals surface area contributed by atoms with E-state index < -0.39 is 14.0 Å². The van der Waals surface area contributed by atoms with Crippen LogP contribution in [0.5, 0.6) is 0 Å². The Morgan fingerprint density at radius 1 is 1.53 bits per heavy atom. The quantitative estimate of drug-likeness (QED) is 0.619. The summed E-state index contributed by atoms with van der Waals surface area (Å²) >= 11 is 0. The lowest BCUT2D eigenvalue weighted by atomic mass is 10.2. The van der Waals surface area contributed by atoms with Crippen molar-refractivity contribution in [3.8, 4) is 0 Å². The molecule has 2 rings (SSSR count). The van der Waals surface area contributed by atoms with Gasteiger partial charge in [0.15, 0.2) is 12.0 Å². The Balaban J connectivity index is 2.73. The van der Waals surface area contributed by atoms with E-state index in [2.05, 4.69) is 21.5 Å². The first kappa shape index (κ1) is 11.7. The minimum atomic E-state index is -3.66. The number of rotatable bonds is 3. The maximum atomic E-state index is 11.9. The maximum Gasteiger partial charge on any atom is 0.329 e. The van der Waals surface area contributed by atoms with Crippen LogP contribution in [-0.4, -0.2) is 36.9 Å². The monoisotopic (exact) mass is 254 g/mol. The summed E-state index contributed by atoms with van der Waals surface area (Å²) in [5.41, 5.74) is 0.188. The number of quaternary nitrogens is 1. The Hall–Kier alpha value is -1.80. The van der Waals surface area contributed by atoms with Crippen LogP contribution in [0.4, 0.5) is 5.82 Å². The molecule has 1 atom stereocenters. The van der Waals surface area contributed by atoms with Crippen molar-refractivity contribution < 1.29 is 13.2 Å². The number of hydrogen-bond donors (Lipinski definition) is 1. The lowest BCUT2D eigenvalue weighted by molar-refractivity contribution is 0.101. The third-order valence-corrected chi connectivity index (χ3v) is 3.75. The van der Waals surface area contributed by atoms with Gasteiger partial charge < -0.3 is 0 Å². The molecule has 0 amide bonds. The number of Topliss-reactive ketones (excluding diaryl/α,β-unsaturated/α-hetero) is 1. The Labute approximate surface area is 98.1 Å². The van der Waals surface area contributed by atoms with Gasteiger partial charge in [0.1, 0.15) is 11.8 Å². The molecule has 0 saturated carbocycles. The molecule has 1 radical (unpaired) electrons. The predicted octanol–water partition coefficient (Wildman–Crippen LogP) is 0.269. The van der Waals surface area contributed by atoms with Gasteiger partial charge in [-0.05, 0) is 10.9 Å². The zero-order chi connectivity index (χ0) is 12.7. The number of aromatic nitrogens is 2. The van der Waals surface area contributed by atoms with E-state index >= 15 is 0 Å². The summed E-state index contributed by atoms with van der Waals surface area (Å²) in [7, 11) is -3.66. The van der Waals surface area contributed by atoms with E-state index in [1.807, 2.05) is 0 Å². The van der Waals surface area contributed by atoms with Gasteiger partial charge in [-0.25, -0.2) is 0 Å². The van der Waals surface area contributed by atoms with Crippen LogP contribution in [0, 0.1) is 0 Å². The molecule has 8 heteroatoms. The van der Waals surface area contributed by atoms with E-state index in [9.17, 15) is 13.2 Å². The molecular weight excluding hydrogens is 244 g/mol. The summed E-state index contributed by atoms with van der Waals surface area (Å²) < 4.78 is 22.8. The van der Waals surface area contributed by atoms with E-state index in [0.717, 1.165) is 6.26 Å². The summed E-state index contributed by atoms with van der Waals surface area (Å²) in [4.78, 5) is 11.4. The number of nitrogens with one attached hydrogen (secondary N) is 1. The van der Waals surface area contributed by atoms with Crippen molar-refractivity contribution in [1.82, 2.24) is 14.2 Å². The van der Waals surface area contributed by atoms with Gasteiger partial charge in [-0.1, -0.05) is 5.10 Å². The molecular formula is C9H10N4O3S+. The smallest absolute Gasteiger partial charge is 0.294 e. The molecule has 0 fully saturated rings. The Kier molecular flexibility index (Phi) is 2.48. The van der Waals surface area contributed by atoms with Crippen LogP contribution in [0.25, 0.3) is 0 Å². The van der Waals surface area contributed by atoms with Gasteiger partial charge in [0.05, 0.1) is 6.26 Å². The van der Waals surface area contributed by atoms with Gasteiger partial charge >= 0.3 is 15.8 Å². The molecule has 0 bridgehead atoms. The van der Waals surface area contributed by atoms with Gasteiger partial charge in [-0.2, -0.15) is 8.42 Å². The van der Waals surface area contributed by atoms with Crippen molar-refractivity contribution in [2.24, 2.45) is 5.10 Å². The molecule has 1 aromatic rings. The van der Waals surface area contributed by atoms with Crippen LogP contribution in [0.1, 0.15) is 17.3 Å². The molecule has 17 heavy (non-hydrogen) atoms. The molecule has 1 unspecified atom stereocenters. The van der Waals surface area contributed by atoms with Crippen molar-refractivity contribution in [1.29, 1.82) is 0 Å². The Bertz CT molecular complexity index is 614. The number of ketones is 1. The second kappa shape index (κ2) is 3.60. The topological polar surface area (TPSA) is 92.2 Å². The second-order valence-corrected chi connectivity index (χ2v) is 5.60. The number of H-pyrrole nitrogens is 1. The number of carbonyl (C=O) groups is 1. The van der Waals surface area contributed by atoms with Gasteiger partial charge in [0, 0.05) is 12.3 Å². The fourth-order valence-corrected chi connectivity index (χ4v) is 2.46. The summed E-state index contributed by atoms with van der Waals surface area (Å²) in [5.74, 6) is -0.258. The SMILES string of the molecule is CC(=O)c1c[nH]nc1[N+]1(S(C)(=O)=O)C=C[C]=N1. The largest absolute Gasteiger partial charge is 0.329 e. The molecule has 0 saturated heterocycles. The average molecular weight is 254 g/mol. The van der Waals surface area contributed by atoms with Crippen molar-refractivity contribution >= 4 is 27.8 Å². The van der Waals surface area contributed by atoms with Crippen molar-refractivity contribution in [3.63, 3.8) is 0 Å². The van der Waals surface area contributed by atoms with E-state index in [1.54, 1.807) is 0 Å². The maximum absolute atomic E-state index is 11.9. The van der Waals surface area contributed by atoms with Crippen LogP contribution in [-0.2, 0) is 10.0 Å². The first-order chi connectivity index (χ1) is 7.88. The number of aromatic amines is 1. The lowest BCUT2D eigenvalue weighted by Crippen LogP contribution is -2.43. The highest BCUT2D eigenvalue weighted by Crippen LogP contribution is 2.32. The van der Waals surface area contributed by atoms with E-state index in [0.29, 0.717) is 0 Å². The Morgan fingerprint density at radius 2 is 2.24 bits per heavy atom. The van der Waals surface area contributed by atoms with Crippen LogP contribution in [0.2, 0.25) is 0 Å². The highest BCUT2D eigenvalue weighted by atomic mass is 32.2. The molecule has 0 aromatic carbocycles. The number of carbonyl (C=O) groups excluding carboxylic acids is 1. The minimum absolute atomic E-state index is 0.0289. The molecule has 1 aromatic heterocycles. The number of sulfonamides is 1. The number of nitrogens with zero attached hydrogens (tertiary/aromatic N) is 3. The molecule has 1 aliphatic heterocycles. The summed E-state index contributed by atoms with van der Waals surface area (Å²) in [5, 5.41) is 10.1. The van der Waals surface area contributed by atoms with Crippen LogP contribution < -0.4 is 4.00 Å². The fraction of sp³-hybridized carbons (Fsp3) is 0.222. The molecule has 0 aliphatic carbocycles. The zero-order valence-corrected chi connectivity index (χ0v) is 10.0. The van der Waals surface area contributed by atoms with Crippen molar-refractivity contribution in [2.75, 3.05) is 6.26 Å². The Morgan fingerprint density at radius 3 is 2.71 bits per heavy atom. The average Bonchev–Trinajstić information content (AvgIpc) is 2.85. The second-order valence-electron chi connectivity index (χ2n) is 3.58. The molecule has 1 N–H and O–H groups in total. The standard InChI is InChI=1S/C9H9N4O3S/c1-7(14)8-6-10-12-9(8)13(17(2,15)16)5-3-4-11-13/h3,5-6H,1-2H3/p+1. The number of hydrogen-bond acceptors (Lipinski definition) is 5. The highest BCUT2D eigenvalue weighted by molar-refractivity contribution is 7.90. The first-order valence-electron chi connectivity index (χ1n) is 4.68. The lowest BCUT2D eigenvalue weighted by Gasteiger charge is -2.19. The normalized spacial score (nSPS) is 23.2. The fourth-order valence-electron chi connectivity index (χ4n) is 1.53. The highest BCUT2D eigenvalue weighted by Gasteiger charge is 2.46. The minimum Gasteiger partial charge on any atom is -0.294 e. The van der Waals surface area contributed by atoms with E-state index in [1.165, 1.54) is 25.4 Å². The van der Waals surface area contributed by atoms with E-state index in [4.69, 9.17) is 0 Å². The third-order valence-electron chi connectivity index (χ3n) is 2.37. The molecule has 2 heterocycles. The molecule has 0 spiro atoms. The van der Waals surface area contributed by atoms with Gasteiger partial charge in [-0.15, -0.1) is 5.10 Å². The zero-order valence-electron chi connectivity index (χ0n) is 9.21. The van der Waals surface area contributed by atoms with Gasteiger partial charge in [0.25, 0.3) is 0 Å². The third kappa shape index (κ3) is 1.61. The van der Waals surface area contributed by atoms with E-state index in [-0.39, 0.29) is 17.2 Å². The van der Waals surface area contributed by atoms with Crippen LogP contribution in [0.15, 0.2) is 23.6 Å². The summed E-state index contributed by atoms with van der Waals surface area (Å²) in [6.07, 6.45) is 7.50. The van der Waals surface area contributed by atoms with Gasteiger partial charge in [-0.3, -0.25) is 9.89 Å². The first-order valence-corrected chi connectivity index (χ1v) is 6.53. The van der Waals surface area contributed by atoms with Crippen molar-refractivity contribution in [3.05, 3.63) is 24.0 Å². The van der Waals surface area contributed by atoms with Crippen LogP contribution >= 0.6 is 0 Å². The number of allylic oxidation sites excluding steroid dienone is 1. The molecule has 7 nitrogen and oxygen atoms in total. The summed E-state index contributed by atoms with van der Waals surface area (Å²) in [6, 6.07) is 0. The molecule has 1 aliphatic rings. The molecule has 89 valence electrons. The summed E-state index contributed by atoms with van der Waals surface area (Å²) in [6.45, 7) is 1.33. The predicted molar refractivity (Wildman–Crippen MR) is 61.8 cm³/mol.